The molecule has 1 fully saturated rings. The van der Waals surface area contributed by atoms with Crippen molar-refractivity contribution in [3.8, 4) is 11.1 Å². The van der Waals surface area contributed by atoms with E-state index >= 15 is 0 Å². The molecule has 9 nitrogen and oxygen atoms in total. The average Bonchev–Trinajstić information content (AvgIpc) is 3.36. The number of urea groups is 1. The summed E-state index contributed by atoms with van der Waals surface area (Å²) in [5, 5.41) is 9.29. The standard InChI is InChI=1S/C20H18FN7O2/c1-10-6-16(30-27-10)26-20(29)25-15-5-2-11(7-14(15)21)13-8-28(12-3-4-12)19-17(13)18(22)23-9-24-19/h2,5-9,12H,3-4H2,1H3,(H2,22,23,24)(H2,25,26,29). The SMILES string of the molecule is Cc1cc(NC(=O)Nc2ccc(-c3cn(C4CC4)c4ncnc(N)c34)cc2F)on1. The van der Waals surface area contributed by atoms with Crippen LogP contribution >= 0.6 is 0 Å². The van der Waals surface area contributed by atoms with Crippen LogP contribution in [-0.2, 0) is 0 Å². The van der Waals surface area contributed by atoms with Crippen molar-refractivity contribution in [2.45, 2.75) is 25.8 Å². The van der Waals surface area contributed by atoms with Crippen molar-refractivity contribution in [1.29, 1.82) is 0 Å². The Bertz CT molecular complexity index is 1280. The molecular weight excluding hydrogens is 389 g/mol. The molecular formula is C20H18FN7O2. The van der Waals surface area contributed by atoms with Crippen LogP contribution in [0.4, 0.5) is 26.6 Å². The number of hydrogen-bond donors (Lipinski definition) is 3. The van der Waals surface area contributed by atoms with E-state index in [2.05, 4.69) is 30.3 Å². The first-order valence-electron chi connectivity index (χ1n) is 9.42. The number of carbonyl (C=O) groups excluding carboxylic acids is 1. The van der Waals surface area contributed by atoms with Crippen molar-refractivity contribution >= 4 is 34.5 Å². The normalized spacial score (nSPS) is 13.5. The number of carbonyl (C=O) groups is 1. The number of rotatable bonds is 4. The summed E-state index contributed by atoms with van der Waals surface area (Å²) in [6, 6.07) is 5.87. The topological polar surface area (TPSA) is 124 Å². The molecule has 1 aliphatic rings. The molecule has 0 saturated heterocycles. The van der Waals surface area contributed by atoms with Crippen LogP contribution in [0.5, 0.6) is 0 Å². The number of hydrogen-bond acceptors (Lipinski definition) is 6. The van der Waals surface area contributed by atoms with Gasteiger partial charge in [-0.3, -0.25) is 5.32 Å². The predicted molar refractivity (Wildman–Crippen MR) is 109 cm³/mol. The summed E-state index contributed by atoms with van der Waals surface area (Å²) >= 11 is 0. The van der Waals surface area contributed by atoms with Crippen LogP contribution in [0.25, 0.3) is 22.2 Å². The zero-order chi connectivity index (χ0) is 20.8. The van der Waals surface area contributed by atoms with Gasteiger partial charge in [0, 0.05) is 23.9 Å². The van der Waals surface area contributed by atoms with E-state index in [9.17, 15) is 9.18 Å². The highest BCUT2D eigenvalue weighted by Crippen LogP contribution is 2.42. The first-order chi connectivity index (χ1) is 14.5. The molecule has 1 aliphatic carbocycles. The number of amides is 2. The maximum atomic E-state index is 14.8. The summed E-state index contributed by atoms with van der Waals surface area (Å²) in [5.41, 5.74) is 8.86. The second-order valence-corrected chi connectivity index (χ2v) is 7.25. The lowest BCUT2D eigenvalue weighted by molar-refractivity contribution is 0.261. The molecule has 3 aromatic heterocycles. The zero-order valence-electron chi connectivity index (χ0n) is 16.0. The summed E-state index contributed by atoms with van der Waals surface area (Å²) < 4.78 is 21.8. The smallest absolute Gasteiger partial charge is 0.326 e. The number of nitrogens with zero attached hydrogens (tertiary/aromatic N) is 4. The Morgan fingerprint density at radius 1 is 1.27 bits per heavy atom. The van der Waals surface area contributed by atoms with Gasteiger partial charge >= 0.3 is 6.03 Å². The maximum Gasteiger partial charge on any atom is 0.326 e. The number of nitrogen functional groups attached to an aromatic ring is 1. The minimum absolute atomic E-state index is 0.0302. The lowest BCUT2D eigenvalue weighted by Crippen LogP contribution is -2.19. The molecule has 1 aromatic carbocycles. The Kier molecular flexibility index (Phi) is 4.12. The Labute approximate surface area is 170 Å². The first-order valence-corrected chi connectivity index (χ1v) is 9.42. The van der Waals surface area contributed by atoms with Crippen LogP contribution in [0.2, 0.25) is 0 Å². The molecule has 0 spiro atoms. The molecule has 152 valence electrons. The molecule has 30 heavy (non-hydrogen) atoms. The van der Waals surface area contributed by atoms with Gasteiger partial charge in [-0.05, 0) is 37.5 Å². The lowest BCUT2D eigenvalue weighted by atomic mass is 10.1. The Hall–Kier alpha value is -3.95. The van der Waals surface area contributed by atoms with Crippen molar-refractivity contribution in [3.63, 3.8) is 0 Å². The van der Waals surface area contributed by atoms with Crippen LogP contribution < -0.4 is 16.4 Å². The quantitative estimate of drug-likeness (QED) is 0.468. The van der Waals surface area contributed by atoms with E-state index in [0.717, 1.165) is 24.1 Å². The Morgan fingerprint density at radius 3 is 2.80 bits per heavy atom. The number of nitrogens with one attached hydrogen (secondary N) is 2. The fourth-order valence-electron chi connectivity index (χ4n) is 3.43. The third-order valence-corrected chi connectivity index (χ3v) is 4.97. The monoisotopic (exact) mass is 407 g/mol. The predicted octanol–water partition coefficient (Wildman–Crippen LogP) is 4.09. The highest BCUT2D eigenvalue weighted by atomic mass is 19.1. The number of aromatic nitrogens is 4. The van der Waals surface area contributed by atoms with Crippen molar-refractivity contribution in [1.82, 2.24) is 19.7 Å². The number of halogens is 1. The molecule has 3 heterocycles. The molecule has 5 rings (SSSR count). The van der Waals surface area contributed by atoms with Gasteiger partial charge in [-0.15, -0.1) is 0 Å². The average molecular weight is 407 g/mol. The van der Waals surface area contributed by atoms with E-state index in [1.807, 2.05) is 6.20 Å². The molecule has 0 atom stereocenters. The molecule has 2 amide bonds. The molecule has 4 aromatic rings. The first kappa shape index (κ1) is 18.1. The summed E-state index contributed by atoms with van der Waals surface area (Å²) in [6.45, 7) is 1.73. The summed E-state index contributed by atoms with van der Waals surface area (Å²) in [7, 11) is 0. The van der Waals surface area contributed by atoms with Crippen LogP contribution in [0.3, 0.4) is 0 Å². The van der Waals surface area contributed by atoms with Crippen molar-refractivity contribution in [3.05, 3.63) is 48.3 Å². The second-order valence-electron chi connectivity index (χ2n) is 7.25. The second kappa shape index (κ2) is 6.83. The van der Waals surface area contributed by atoms with Crippen LogP contribution in [-0.4, -0.2) is 25.7 Å². The highest BCUT2D eigenvalue weighted by Gasteiger charge is 2.27. The minimum Gasteiger partial charge on any atom is -0.383 e. The van der Waals surface area contributed by atoms with Gasteiger partial charge in [0.15, 0.2) is 0 Å². The molecule has 0 radical (unpaired) electrons. The molecule has 4 N–H and O–H groups in total. The van der Waals surface area contributed by atoms with Crippen LogP contribution in [0, 0.1) is 12.7 Å². The van der Waals surface area contributed by atoms with Gasteiger partial charge in [-0.25, -0.2) is 19.2 Å². The largest absolute Gasteiger partial charge is 0.383 e. The van der Waals surface area contributed by atoms with E-state index in [-0.39, 0.29) is 11.6 Å². The fraction of sp³-hybridized carbons (Fsp3) is 0.200. The zero-order valence-corrected chi connectivity index (χ0v) is 16.0. The van der Waals surface area contributed by atoms with Crippen molar-refractivity contribution in [2.75, 3.05) is 16.4 Å². The van der Waals surface area contributed by atoms with Gasteiger partial charge in [0.1, 0.15) is 23.6 Å². The summed E-state index contributed by atoms with van der Waals surface area (Å²) in [4.78, 5) is 20.5. The Balaban J connectivity index is 1.44. The highest BCUT2D eigenvalue weighted by molar-refractivity contribution is 6.02. The van der Waals surface area contributed by atoms with Crippen LogP contribution in [0.15, 0.2) is 41.3 Å². The number of anilines is 3. The summed E-state index contributed by atoms with van der Waals surface area (Å²) in [6.07, 6.45) is 5.52. The molecule has 1 saturated carbocycles. The van der Waals surface area contributed by atoms with Gasteiger partial charge < -0.3 is 20.1 Å². The maximum absolute atomic E-state index is 14.8. The van der Waals surface area contributed by atoms with E-state index < -0.39 is 11.8 Å². The number of fused-ring (bicyclic) bond motifs is 1. The van der Waals surface area contributed by atoms with Crippen molar-refractivity contribution < 1.29 is 13.7 Å². The number of aryl methyl sites for hydroxylation is 1. The van der Waals surface area contributed by atoms with E-state index in [1.165, 1.54) is 18.5 Å². The van der Waals surface area contributed by atoms with Gasteiger partial charge in [0.2, 0.25) is 5.88 Å². The Morgan fingerprint density at radius 2 is 2.10 bits per heavy atom. The molecule has 0 unspecified atom stereocenters. The number of benzene rings is 1. The van der Waals surface area contributed by atoms with Gasteiger partial charge in [-0.2, -0.15) is 0 Å². The van der Waals surface area contributed by atoms with Gasteiger partial charge in [0.25, 0.3) is 0 Å². The third kappa shape index (κ3) is 3.21. The molecule has 0 bridgehead atoms. The van der Waals surface area contributed by atoms with Crippen LogP contribution in [0.1, 0.15) is 24.6 Å². The lowest BCUT2D eigenvalue weighted by Gasteiger charge is -2.08. The van der Waals surface area contributed by atoms with E-state index in [4.69, 9.17) is 10.3 Å². The van der Waals surface area contributed by atoms with Gasteiger partial charge in [-0.1, -0.05) is 11.2 Å². The summed E-state index contributed by atoms with van der Waals surface area (Å²) in [5.74, 6) is -0.0664. The van der Waals surface area contributed by atoms with Crippen molar-refractivity contribution in [2.24, 2.45) is 0 Å². The fourth-order valence-corrected chi connectivity index (χ4v) is 3.43. The minimum atomic E-state index is -0.638. The third-order valence-electron chi connectivity index (χ3n) is 4.97. The van der Waals surface area contributed by atoms with Gasteiger partial charge in [0.05, 0.1) is 16.8 Å². The van der Waals surface area contributed by atoms with E-state index in [1.54, 1.807) is 19.1 Å². The van der Waals surface area contributed by atoms with E-state index in [0.29, 0.717) is 28.5 Å². The molecule has 10 heteroatoms. The molecule has 0 aliphatic heterocycles. The number of nitrogens with two attached hydrogens (primary N) is 1.